The van der Waals surface area contributed by atoms with E-state index < -0.39 is 5.60 Å². The summed E-state index contributed by atoms with van der Waals surface area (Å²) in [5.41, 5.74) is 1.27. The molecule has 4 atom stereocenters. The molecule has 2 aromatic carbocycles. The van der Waals surface area contributed by atoms with E-state index >= 15 is 0 Å². The molecule has 33 heavy (non-hydrogen) atoms. The molecule has 1 saturated heterocycles. The van der Waals surface area contributed by atoms with E-state index in [1.54, 1.807) is 13.2 Å². The van der Waals surface area contributed by atoms with Crippen molar-refractivity contribution < 1.29 is 24.3 Å². The summed E-state index contributed by atoms with van der Waals surface area (Å²) >= 11 is 0. The van der Waals surface area contributed by atoms with Crippen LogP contribution >= 0.6 is 0 Å². The maximum absolute atomic E-state index is 13.0. The van der Waals surface area contributed by atoms with Crippen LogP contribution in [0.5, 0.6) is 11.5 Å². The molecule has 1 aliphatic carbocycles. The van der Waals surface area contributed by atoms with Gasteiger partial charge in [0.25, 0.3) is 5.91 Å². The first-order valence-electron chi connectivity index (χ1n) is 11.9. The normalized spacial score (nSPS) is 26.7. The van der Waals surface area contributed by atoms with Crippen LogP contribution in [0.2, 0.25) is 0 Å². The summed E-state index contributed by atoms with van der Waals surface area (Å²) in [6.45, 7) is 5.29. The number of likely N-dealkylation sites (tertiary alicyclic amines) is 1. The molecule has 1 amide bonds. The fourth-order valence-electron chi connectivity index (χ4n) is 5.53. The average Bonchev–Trinajstić information content (AvgIpc) is 2.83. The van der Waals surface area contributed by atoms with Crippen molar-refractivity contribution in [1.82, 2.24) is 0 Å². The molecule has 2 aliphatic rings. The zero-order valence-electron chi connectivity index (χ0n) is 19.4. The quantitative estimate of drug-likeness (QED) is 0.539. The fourth-order valence-corrected chi connectivity index (χ4v) is 5.53. The van der Waals surface area contributed by atoms with E-state index in [1.165, 1.54) is 4.90 Å². The highest BCUT2D eigenvalue weighted by Gasteiger charge is 2.51. The summed E-state index contributed by atoms with van der Waals surface area (Å²) in [4.78, 5) is 14.2. The Kier molecular flexibility index (Phi) is 7.36. The first-order valence-corrected chi connectivity index (χ1v) is 11.9. The van der Waals surface area contributed by atoms with E-state index in [0.717, 1.165) is 61.4 Å². The van der Waals surface area contributed by atoms with E-state index in [4.69, 9.17) is 9.47 Å². The number of rotatable bonds is 8. The lowest BCUT2D eigenvalue weighted by molar-refractivity contribution is -0.937. The molecule has 1 unspecified atom stereocenters. The van der Waals surface area contributed by atoms with E-state index in [9.17, 15) is 9.90 Å². The van der Waals surface area contributed by atoms with Gasteiger partial charge in [-0.1, -0.05) is 25.5 Å². The van der Waals surface area contributed by atoms with Gasteiger partial charge in [-0.05, 0) is 61.4 Å². The van der Waals surface area contributed by atoms with Crippen molar-refractivity contribution in [2.75, 3.05) is 32.1 Å². The average molecular weight is 452 g/mol. The van der Waals surface area contributed by atoms with E-state index in [0.29, 0.717) is 13.2 Å². The van der Waals surface area contributed by atoms with Gasteiger partial charge >= 0.3 is 0 Å². The molecule has 2 aromatic rings. The topological polar surface area (TPSA) is 72.2 Å². The lowest BCUT2D eigenvalue weighted by Gasteiger charge is -2.50. The van der Waals surface area contributed by atoms with E-state index in [2.05, 4.69) is 24.0 Å². The van der Waals surface area contributed by atoms with Gasteiger partial charge in [-0.2, -0.15) is 0 Å². The van der Waals surface area contributed by atoms with Crippen LogP contribution in [-0.4, -0.2) is 43.4 Å². The molecule has 1 heterocycles. The summed E-state index contributed by atoms with van der Waals surface area (Å²) < 4.78 is 10.8. The minimum atomic E-state index is -0.642. The summed E-state index contributed by atoms with van der Waals surface area (Å²) in [7, 11) is 1.62. The molecule has 6 heteroatoms. The Hall–Kier alpha value is -2.83. The van der Waals surface area contributed by atoms with Crippen molar-refractivity contribution >= 4 is 11.6 Å². The molecular formula is C27H35N2O4+. The third-order valence-electron chi connectivity index (χ3n) is 7.15. The maximum atomic E-state index is 13.0. The molecule has 1 aliphatic heterocycles. The van der Waals surface area contributed by atoms with Crippen LogP contribution in [0.4, 0.5) is 5.69 Å². The van der Waals surface area contributed by atoms with Crippen LogP contribution in [0, 0.1) is 5.92 Å². The molecule has 1 saturated carbocycles. The first-order chi connectivity index (χ1) is 16.0. The van der Waals surface area contributed by atoms with Gasteiger partial charge in [-0.3, -0.25) is 4.79 Å². The number of amides is 1. The lowest BCUT2D eigenvalue weighted by Crippen LogP contribution is -3.16. The Morgan fingerprint density at radius 3 is 2.58 bits per heavy atom. The Bertz CT molecular complexity index is 944. The molecule has 0 aromatic heterocycles. The third-order valence-corrected chi connectivity index (χ3v) is 7.15. The minimum Gasteiger partial charge on any atom is -0.497 e. The zero-order chi connectivity index (χ0) is 23.3. The number of benzene rings is 2. The monoisotopic (exact) mass is 451 g/mol. The number of ether oxygens (including phenoxy) is 2. The lowest BCUT2D eigenvalue weighted by atomic mass is 9.66. The summed E-state index contributed by atoms with van der Waals surface area (Å²) in [5.74, 6) is 1.68. The number of hydrogen-bond acceptors (Lipinski definition) is 4. The summed E-state index contributed by atoms with van der Waals surface area (Å²) in [6.07, 6.45) is 6.49. The van der Waals surface area contributed by atoms with Gasteiger partial charge in [0.1, 0.15) is 24.1 Å². The van der Waals surface area contributed by atoms with Crippen LogP contribution in [0.1, 0.15) is 43.7 Å². The third kappa shape index (κ3) is 5.40. The number of nitrogens with one attached hydrogen (secondary N) is 2. The molecule has 4 rings (SSSR count). The number of hydrogen-bond donors (Lipinski definition) is 3. The number of piperidine rings is 1. The Labute approximate surface area is 196 Å². The molecule has 0 bridgehead atoms. The number of carbonyl (C=O) groups is 1. The second-order valence-electron chi connectivity index (χ2n) is 9.21. The number of anilines is 1. The van der Waals surface area contributed by atoms with E-state index in [-0.39, 0.29) is 17.9 Å². The number of aliphatic hydroxyl groups is 1. The first kappa shape index (κ1) is 23.3. The standard InChI is InChI=1S/C27H34N2O4/c1-3-18-33-23-11-7-20(8-12-23)26-24-6-4-5-15-27(24,31)16-17-29(26)19-25(30)28-21-9-13-22(32-2)14-10-21/h3,7-14,24,26,31H,1,4-6,15-19H2,2H3,(H,28,30)/p+1/t24-,26+,27-/m1/s1. The number of quaternary nitrogens is 1. The molecule has 2 fully saturated rings. The molecular weight excluding hydrogens is 416 g/mol. The van der Waals surface area contributed by atoms with Crippen molar-refractivity contribution in [2.24, 2.45) is 5.92 Å². The summed E-state index contributed by atoms with van der Waals surface area (Å²) in [6, 6.07) is 15.6. The predicted molar refractivity (Wildman–Crippen MR) is 129 cm³/mol. The Morgan fingerprint density at radius 1 is 1.15 bits per heavy atom. The second-order valence-corrected chi connectivity index (χ2v) is 9.21. The van der Waals surface area contributed by atoms with Gasteiger partial charge in [0.2, 0.25) is 0 Å². The molecule has 3 N–H and O–H groups in total. The fraction of sp³-hybridized carbons (Fsp3) is 0.444. The highest BCUT2D eigenvalue weighted by molar-refractivity contribution is 5.91. The second kappa shape index (κ2) is 10.4. The Balaban J connectivity index is 1.53. The minimum absolute atomic E-state index is 0.0210. The number of methoxy groups -OCH3 is 1. The molecule has 6 nitrogen and oxygen atoms in total. The molecule has 176 valence electrons. The van der Waals surface area contributed by atoms with Crippen LogP contribution in [0.3, 0.4) is 0 Å². The molecule has 0 spiro atoms. The van der Waals surface area contributed by atoms with Crippen LogP contribution in [-0.2, 0) is 4.79 Å². The van der Waals surface area contributed by atoms with E-state index in [1.807, 2.05) is 36.4 Å². The van der Waals surface area contributed by atoms with Crippen molar-refractivity contribution in [3.05, 3.63) is 66.7 Å². The van der Waals surface area contributed by atoms with Gasteiger partial charge in [-0.25, -0.2) is 0 Å². The van der Waals surface area contributed by atoms with Gasteiger partial charge < -0.3 is 24.8 Å². The van der Waals surface area contributed by atoms with Crippen LogP contribution in [0.15, 0.2) is 61.2 Å². The zero-order valence-corrected chi connectivity index (χ0v) is 19.4. The van der Waals surface area contributed by atoms with Crippen molar-refractivity contribution in [1.29, 1.82) is 0 Å². The number of fused-ring (bicyclic) bond motifs is 1. The van der Waals surface area contributed by atoms with Crippen molar-refractivity contribution in [2.45, 2.75) is 43.7 Å². The predicted octanol–water partition coefficient (Wildman–Crippen LogP) is 3.15. The smallest absolute Gasteiger partial charge is 0.279 e. The maximum Gasteiger partial charge on any atom is 0.279 e. The Morgan fingerprint density at radius 2 is 1.88 bits per heavy atom. The van der Waals surface area contributed by atoms with Crippen molar-refractivity contribution in [3.8, 4) is 11.5 Å². The SMILES string of the molecule is C=CCOc1ccc([C@H]2[C@H]3CCCC[C@@]3(O)CC[NH+]2CC(=O)Nc2ccc(OC)cc2)cc1. The highest BCUT2D eigenvalue weighted by atomic mass is 16.5. The van der Waals surface area contributed by atoms with Crippen molar-refractivity contribution in [3.63, 3.8) is 0 Å². The van der Waals surface area contributed by atoms with Gasteiger partial charge in [0.05, 0.1) is 19.3 Å². The summed E-state index contributed by atoms with van der Waals surface area (Å²) in [5, 5.41) is 14.5. The van der Waals surface area contributed by atoms with Crippen LogP contribution < -0.4 is 19.7 Å². The molecule has 0 radical (unpaired) electrons. The number of carbonyl (C=O) groups excluding carboxylic acids is 1. The van der Waals surface area contributed by atoms with Gasteiger partial charge in [0.15, 0.2) is 6.54 Å². The van der Waals surface area contributed by atoms with Gasteiger partial charge in [0, 0.05) is 23.6 Å². The van der Waals surface area contributed by atoms with Gasteiger partial charge in [-0.15, -0.1) is 0 Å². The largest absolute Gasteiger partial charge is 0.497 e. The highest BCUT2D eigenvalue weighted by Crippen LogP contribution is 2.44. The van der Waals surface area contributed by atoms with Crippen LogP contribution in [0.25, 0.3) is 0 Å².